The van der Waals surface area contributed by atoms with Crippen molar-refractivity contribution in [3.05, 3.63) is 29.8 Å². The minimum absolute atomic E-state index is 0.193. The van der Waals surface area contributed by atoms with Crippen molar-refractivity contribution < 1.29 is 9.90 Å². The molecule has 1 rings (SSSR count). The van der Waals surface area contributed by atoms with Crippen molar-refractivity contribution in [1.29, 1.82) is 0 Å². The SMILES string of the molecule is CCN(CC)c1ccccc1CCC(=O)O. The molecule has 0 aliphatic carbocycles. The van der Waals surface area contributed by atoms with Crippen LogP contribution in [0.2, 0.25) is 0 Å². The number of hydrogen-bond acceptors (Lipinski definition) is 2. The maximum atomic E-state index is 10.6. The summed E-state index contributed by atoms with van der Waals surface area (Å²) in [6.07, 6.45) is 0.792. The molecule has 0 spiro atoms. The van der Waals surface area contributed by atoms with Crippen LogP contribution >= 0.6 is 0 Å². The second kappa shape index (κ2) is 6.16. The average Bonchev–Trinajstić information content (AvgIpc) is 2.29. The summed E-state index contributed by atoms with van der Waals surface area (Å²) >= 11 is 0. The Morgan fingerprint density at radius 3 is 2.44 bits per heavy atom. The van der Waals surface area contributed by atoms with Crippen LogP contribution in [-0.2, 0) is 11.2 Å². The molecule has 0 unspecified atom stereocenters. The van der Waals surface area contributed by atoms with E-state index in [-0.39, 0.29) is 6.42 Å². The Morgan fingerprint density at radius 2 is 1.88 bits per heavy atom. The highest BCUT2D eigenvalue weighted by molar-refractivity contribution is 5.68. The Bertz CT molecular complexity index is 346. The number of carboxylic acid groups (broad SMARTS) is 1. The maximum absolute atomic E-state index is 10.6. The molecule has 0 saturated heterocycles. The van der Waals surface area contributed by atoms with Crippen LogP contribution in [0.4, 0.5) is 5.69 Å². The first-order valence-electron chi connectivity index (χ1n) is 5.73. The number of nitrogens with zero attached hydrogens (tertiary/aromatic N) is 1. The van der Waals surface area contributed by atoms with E-state index in [2.05, 4.69) is 24.8 Å². The van der Waals surface area contributed by atoms with Gasteiger partial charge in [-0.25, -0.2) is 0 Å². The number of rotatable bonds is 6. The molecule has 0 saturated carbocycles. The van der Waals surface area contributed by atoms with Gasteiger partial charge in [0.05, 0.1) is 0 Å². The number of aryl methyl sites for hydroxylation is 1. The second-order valence-electron chi connectivity index (χ2n) is 3.69. The summed E-state index contributed by atoms with van der Waals surface area (Å²) < 4.78 is 0. The molecule has 0 aromatic heterocycles. The minimum atomic E-state index is -0.741. The Balaban J connectivity index is 2.86. The number of anilines is 1. The highest BCUT2D eigenvalue weighted by Crippen LogP contribution is 2.21. The minimum Gasteiger partial charge on any atom is -0.481 e. The van der Waals surface area contributed by atoms with Crippen LogP contribution in [0.15, 0.2) is 24.3 Å². The van der Waals surface area contributed by atoms with Gasteiger partial charge in [0, 0.05) is 25.2 Å². The standard InChI is InChI=1S/C13H19NO2/c1-3-14(4-2)12-8-6-5-7-11(12)9-10-13(15)16/h5-8H,3-4,9-10H2,1-2H3,(H,15,16). The third-order valence-corrected chi connectivity index (χ3v) is 2.70. The number of benzene rings is 1. The van der Waals surface area contributed by atoms with Gasteiger partial charge in [0.2, 0.25) is 0 Å². The highest BCUT2D eigenvalue weighted by atomic mass is 16.4. The molecule has 16 heavy (non-hydrogen) atoms. The number of para-hydroxylation sites is 1. The van der Waals surface area contributed by atoms with Crippen LogP contribution in [0.3, 0.4) is 0 Å². The molecule has 1 N–H and O–H groups in total. The van der Waals surface area contributed by atoms with E-state index >= 15 is 0 Å². The fraction of sp³-hybridized carbons (Fsp3) is 0.462. The normalized spacial score (nSPS) is 10.1. The van der Waals surface area contributed by atoms with E-state index in [9.17, 15) is 4.79 Å². The van der Waals surface area contributed by atoms with Crippen molar-refractivity contribution in [1.82, 2.24) is 0 Å². The molecule has 0 radical (unpaired) electrons. The van der Waals surface area contributed by atoms with Crippen LogP contribution in [0.25, 0.3) is 0 Å². The van der Waals surface area contributed by atoms with Crippen LogP contribution in [0, 0.1) is 0 Å². The molecule has 0 aliphatic heterocycles. The summed E-state index contributed by atoms with van der Waals surface area (Å²) in [6.45, 7) is 6.11. The van der Waals surface area contributed by atoms with Crippen molar-refractivity contribution in [2.45, 2.75) is 26.7 Å². The number of carboxylic acids is 1. The van der Waals surface area contributed by atoms with Gasteiger partial charge in [-0.2, -0.15) is 0 Å². The van der Waals surface area contributed by atoms with Crippen molar-refractivity contribution in [2.75, 3.05) is 18.0 Å². The fourth-order valence-corrected chi connectivity index (χ4v) is 1.84. The molecule has 0 fully saturated rings. The van der Waals surface area contributed by atoms with Crippen molar-refractivity contribution in [3.63, 3.8) is 0 Å². The molecule has 0 heterocycles. The van der Waals surface area contributed by atoms with Gasteiger partial charge in [-0.15, -0.1) is 0 Å². The molecular formula is C13H19NO2. The monoisotopic (exact) mass is 221 g/mol. The first kappa shape index (κ1) is 12.6. The van der Waals surface area contributed by atoms with E-state index in [1.165, 1.54) is 0 Å². The zero-order valence-electron chi connectivity index (χ0n) is 9.94. The Labute approximate surface area is 96.7 Å². The second-order valence-corrected chi connectivity index (χ2v) is 3.69. The van der Waals surface area contributed by atoms with Gasteiger partial charge in [0.15, 0.2) is 0 Å². The zero-order valence-corrected chi connectivity index (χ0v) is 9.94. The number of hydrogen-bond donors (Lipinski definition) is 1. The number of carbonyl (C=O) groups is 1. The summed E-state index contributed by atoms with van der Waals surface area (Å²) in [5.41, 5.74) is 2.28. The molecule has 1 aromatic rings. The van der Waals surface area contributed by atoms with Crippen molar-refractivity contribution in [3.8, 4) is 0 Å². The van der Waals surface area contributed by atoms with E-state index in [0.29, 0.717) is 6.42 Å². The molecule has 0 atom stereocenters. The predicted octanol–water partition coefficient (Wildman–Crippen LogP) is 2.55. The first-order valence-corrected chi connectivity index (χ1v) is 5.73. The van der Waals surface area contributed by atoms with Gasteiger partial charge in [-0.05, 0) is 31.9 Å². The molecular weight excluding hydrogens is 202 g/mol. The molecule has 0 aliphatic rings. The molecule has 88 valence electrons. The van der Waals surface area contributed by atoms with E-state index in [1.807, 2.05) is 18.2 Å². The predicted molar refractivity (Wildman–Crippen MR) is 66.0 cm³/mol. The van der Waals surface area contributed by atoms with Gasteiger partial charge < -0.3 is 10.0 Å². The summed E-state index contributed by atoms with van der Waals surface area (Å²) in [6, 6.07) is 8.03. The van der Waals surface area contributed by atoms with Gasteiger partial charge in [0.25, 0.3) is 0 Å². The molecule has 0 amide bonds. The summed E-state index contributed by atoms with van der Waals surface area (Å²) in [5.74, 6) is -0.741. The van der Waals surface area contributed by atoms with Gasteiger partial charge in [0.1, 0.15) is 0 Å². The first-order chi connectivity index (χ1) is 7.69. The molecule has 3 heteroatoms. The smallest absolute Gasteiger partial charge is 0.303 e. The largest absolute Gasteiger partial charge is 0.481 e. The van der Waals surface area contributed by atoms with Crippen LogP contribution in [0.1, 0.15) is 25.8 Å². The molecule has 0 bridgehead atoms. The third kappa shape index (κ3) is 3.26. The lowest BCUT2D eigenvalue weighted by atomic mass is 10.1. The Hall–Kier alpha value is -1.51. The highest BCUT2D eigenvalue weighted by Gasteiger charge is 2.08. The van der Waals surface area contributed by atoms with Gasteiger partial charge in [-0.3, -0.25) is 4.79 Å². The molecule has 3 nitrogen and oxygen atoms in total. The van der Waals surface area contributed by atoms with E-state index in [0.717, 1.165) is 24.3 Å². The zero-order chi connectivity index (χ0) is 12.0. The lowest BCUT2D eigenvalue weighted by Crippen LogP contribution is -2.23. The van der Waals surface area contributed by atoms with Crippen molar-refractivity contribution in [2.24, 2.45) is 0 Å². The van der Waals surface area contributed by atoms with Gasteiger partial charge in [-0.1, -0.05) is 18.2 Å². The van der Waals surface area contributed by atoms with Crippen LogP contribution in [0.5, 0.6) is 0 Å². The Morgan fingerprint density at radius 1 is 1.25 bits per heavy atom. The van der Waals surface area contributed by atoms with Crippen LogP contribution < -0.4 is 4.90 Å². The average molecular weight is 221 g/mol. The molecule has 1 aromatic carbocycles. The summed E-state index contributed by atoms with van der Waals surface area (Å²) in [7, 11) is 0. The van der Waals surface area contributed by atoms with Crippen LogP contribution in [-0.4, -0.2) is 24.2 Å². The topological polar surface area (TPSA) is 40.5 Å². The van der Waals surface area contributed by atoms with Crippen molar-refractivity contribution >= 4 is 11.7 Å². The Kier molecular flexibility index (Phi) is 4.83. The lowest BCUT2D eigenvalue weighted by molar-refractivity contribution is -0.136. The van der Waals surface area contributed by atoms with E-state index in [1.54, 1.807) is 0 Å². The maximum Gasteiger partial charge on any atom is 0.303 e. The summed E-state index contributed by atoms with van der Waals surface area (Å²) in [4.78, 5) is 12.8. The number of aliphatic carboxylic acids is 1. The summed E-state index contributed by atoms with van der Waals surface area (Å²) in [5, 5.41) is 8.71. The quantitative estimate of drug-likeness (QED) is 0.802. The van der Waals surface area contributed by atoms with E-state index in [4.69, 9.17) is 5.11 Å². The third-order valence-electron chi connectivity index (χ3n) is 2.70. The van der Waals surface area contributed by atoms with E-state index < -0.39 is 5.97 Å². The lowest BCUT2D eigenvalue weighted by Gasteiger charge is -2.23. The van der Waals surface area contributed by atoms with Gasteiger partial charge >= 0.3 is 5.97 Å². The fourth-order valence-electron chi connectivity index (χ4n) is 1.84.